The molecule has 5 heteroatoms. The van der Waals surface area contributed by atoms with E-state index in [1.54, 1.807) is 17.0 Å². The molecule has 1 amide bonds. The fraction of sp³-hybridized carbons (Fsp3) is 0.533. The predicted molar refractivity (Wildman–Crippen MR) is 81.5 cm³/mol. The van der Waals surface area contributed by atoms with Crippen LogP contribution in [0.5, 0.6) is 0 Å². The molecule has 0 unspecified atom stereocenters. The lowest BCUT2D eigenvalue weighted by Gasteiger charge is -2.30. The van der Waals surface area contributed by atoms with Gasteiger partial charge in [-0.25, -0.2) is 0 Å². The minimum atomic E-state index is -0.0335. The van der Waals surface area contributed by atoms with Gasteiger partial charge in [-0.2, -0.15) is 0 Å². The third-order valence-corrected chi connectivity index (χ3v) is 3.61. The zero-order valence-electron chi connectivity index (χ0n) is 12.5. The van der Waals surface area contributed by atoms with Gasteiger partial charge in [0.1, 0.15) is 0 Å². The number of hydrogen-bond acceptors (Lipinski definition) is 4. The number of aryl methyl sites for hydroxylation is 1. The van der Waals surface area contributed by atoms with Crippen molar-refractivity contribution in [2.45, 2.75) is 39.7 Å². The Morgan fingerprint density at radius 3 is 2.50 bits per heavy atom. The van der Waals surface area contributed by atoms with Crippen molar-refractivity contribution in [3.63, 3.8) is 0 Å². The minimum absolute atomic E-state index is 0.0241. The summed E-state index contributed by atoms with van der Waals surface area (Å²) in [4.78, 5) is 14.4. The van der Waals surface area contributed by atoms with Crippen molar-refractivity contribution in [1.82, 2.24) is 4.90 Å². The van der Waals surface area contributed by atoms with E-state index in [4.69, 9.17) is 5.84 Å². The largest absolute Gasteiger partial charge is 0.395 e. The molecule has 0 atom stereocenters. The van der Waals surface area contributed by atoms with Crippen molar-refractivity contribution < 1.29 is 9.90 Å². The highest BCUT2D eigenvalue weighted by molar-refractivity contribution is 5.96. The number of nitrogens with two attached hydrogens (primary N) is 1. The molecule has 20 heavy (non-hydrogen) atoms. The van der Waals surface area contributed by atoms with E-state index in [1.165, 1.54) is 0 Å². The number of hydrazine groups is 1. The van der Waals surface area contributed by atoms with E-state index >= 15 is 0 Å². The predicted octanol–water partition coefficient (Wildman–Crippen LogP) is 1.90. The molecule has 5 nitrogen and oxygen atoms in total. The van der Waals surface area contributed by atoms with Crippen molar-refractivity contribution in [3.05, 3.63) is 29.3 Å². The number of anilines is 1. The minimum Gasteiger partial charge on any atom is -0.395 e. The first-order valence-electron chi connectivity index (χ1n) is 7.08. The summed E-state index contributed by atoms with van der Waals surface area (Å²) >= 11 is 0. The van der Waals surface area contributed by atoms with Gasteiger partial charge in [0, 0.05) is 23.8 Å². The first-order chi connectivity index (χ1) is 9.58. The summed E-state index contributed by atoms with van der Waals surface area (Å²) in [6, 6.07) is 5.56. The van der Waals surface area contributed by atoms with E-state index in [2.05, 4.69) is 19.3 Å². The Hall–Kier alpha value is -1.59. The maximum Gasteiger partial charge on any atom is 0.254 e. The van der Waals surface area contributed by atoms with Gasteiger partial charge in [0.25, 0.3) is 5.91 Å². The molecule has 0 radical (unpaired) electrons. The molecule has 1 aromatic rings. The van der Waals surface area contributed by atoms with Crippen LogP contribution in [0.15, 0.2) is 18.2 Å². The Labute approximate surface area is 120 Å². The Morgan fingerprint density at radius 1 is 1.40 bits per heavy atom. The number of benzene rings is 1. The van der Waals surface area contributed by atoms with E-state index in [9.17, 15) is 9.90 Å². The SMILES string of the molecule is CCC(CC)N(CCO)C(=O)c1ccc(NN)cc1C. The van der Waals surface area contributed by atoms with Crippen LogP contribution in [0.3, 0.4) is 0 Å². The van der Waals surface area contributed by atoms with Crippen LogP contribution in [0.2, 0.25) is 0 Å². The van der Waals surface area contributed by atoms with Crippen molar-refractivity contribution in [3.8, 4) is 0 Å². The molecule has 0 spiro atoms. The molecule has 0 saturated carbocycles. The number of carbonyl (C=O) groups excluding carboxylic acids is 1. The lowest BCUT2D eigenvalue weighted by Crippen LogP contribution is -2.41. The molecule has 1 aromatic carbocycles. The van der Waals surface area contributed by atoms with Gasteiger partial charge < -0.3 is 15.4 Å². The van der Waals surface area contributed by atoms with Gasteiger partial charge in [0.05, 0.1) is 6.61 Å². The lowest BCUT2D eigenvalue weighted by molar-refractivity contribution is 0.0621. The Balaban J connectivity index is 3.05. The smallest absolute Gasteiger partial charge is 0.254 e. The topological polar surface area (TPSA) is 78.6 Å². The zero-order valence-corrected chi connectivity index (χ0v) is 12.5. The van der Waals surface area contributed by atoms with Crippen molar-refractivity contribution in [2.24, 2.45) is 5.84 Å². The van der Waals surface area contributed by atoms with Crippen molar-refractivity contribution in [2.75, 3.05) is 18.6 Å². The number of carbonyl (C=O) groups is 1. The molecule has 0 aliphatic carbocycles. The Kier molecular flexibility index (Phi) is 6.48. The number of nitrogens with one attached hydrogen (secondary N) is 1. The summed E-state index contributed by atoms with van der Waals surface area (Å²) < 4.78 is 0. The Morgan fingerprint density at radius 2 is 2.05 bits per heavy atom. The number of rotatable bonds is 7. The van der Waals surface area contributed by atoms with Gasteiger partial charge >= 0.3 is 0 Å². The summed E-state index contributed by atoms with van der Waals surface area (Å²) in [7, 11) is 0. The highest BCUT2D eigenvalue weighted by Gasteiger charge is 2.23. The Bertz CT molecular complexity index is 445. The van der Waals surface area contributed by atoms with E-state index in [1.807, 2.05) is 13.0 Å². The highest BCUT2D eigenvalue weighted by Crippen LogP contribution is 2.19. The summed E-state index contributed by atoms with van der Waals surface area (Å²) in [5, 5.41) is 9.20. The number of nitrogens with zero attached hydrogens (tertiary/aromatic N) is 1. The highest BCUT2D eigenvalue weighted by atomic mass is 16.3. The first-order valence-corrected chi connectivity index (χ1v) is 7.08. The van der Waals surface area contributed by atoms with Crippen LogP contribution in [0.1, 0.15) is 42.6 Å². The summed E-state index contributed by atoms with van der Waals surface area (Å²) in [5.74, 6) is 5.33. The normalized spacial score (nSPS) is 10.7. The van der Waals surface area contributed by atoms with Crippen LogP contribution >= 0.6 is 0 Å². The third-order valence-electron chi connectivity index (χ3n) is 3.61. The summed E-state index contributed by atoms with van der Waals surface area (Å²) in [5.41, 5.74) is 4.87. The number of nitrogen functional groups attached to an aromatic ring is 1. The van der Waals surface area contributed by atoms with Crippen LogP contribution < -0.4 is 11.3 Å². The second kappa shape index (κ2) is 7.87. The summed E-state index contributed by atoms with van der Waals surface area (Å²) in [6.45, 7) is 6.34. The van der Waals surface area contributed by atoms with Crippen LogP contribution in [0, 0.1) is 6.92 Å². The maximum absolute atomic E-state index is 12.7. The quantitative estimate of drug-likeness (QED) is 0.526. The third kappa shape index (κ3) is 3.71. The van der Waals surface area contributed by atoms with Crippen LogP contribution in [-0.2, 0) is 0 Å². The fourth-order valence-corrected chi connectivity index (χ4v) is 2.44. The average Bonchev–Trinajstić information content (AvgIpc) is 2.46. The van der Waals surface area contributed by atoms with Gasteiger partial charge in [-0.1, -0.05) is 13.8 Å². The van der Waals surface area contributed by atoms with Crippen LogP contribution in [0.25, 0.3) is 0 Å². The second-order valence-electron chi connectivity index (χ2n) is 4.87. The number of hydrogen-bond donors (Lipinski definition) is 3. The molecule has 4 N–H and O–H groups in total. The maximum atomic E-state index is 12.7. The van der Waals surface area contributed by atoms with E-state index in [0.29, 0.717) is 12.1 Å². The molecular weight excluding hydrogens is 254 g/mol. The van der Waals surface area contributed by atoms with Crippen molar-refractivity contribution in [1.29, 1.82) is 0 Å². The van der Waals surface area contributed by atoms with Gasteiger partial charge in [0.15, 0.2) is 0 Å². The molecule has 0 heterocycles. The lowest BCUT2D eigenvalue weighted by atomic mass is 10.0. The fourth-order valence-electron chi connectivity index (χ4n) is 2.44. The molecule has 0 bridgehead atoms. The number of aliphatic hydroxyl groups is 1. The number of aliphatic hydroxyl groups excluding tert-OH is 1. The molecule has 0 aliphatic rings. The van der Waals surface area contributed by atoms with Crippen LogP contribution in [-0.4, -0.2) is 35.1 Å². The van der Waals surface area contributed by atoms with Gasteiger partial charge in [-0.3, -0.25) is 10.6 Å². The van der Waals surface area contributed by atoms with Crippen LogP contribution in [0.4, 0.5) is 5.69 Å². The number of amides is 1. The second-order valence-corrected chi connectivity index (χ2v) is 4.87. The van der Waals surface area contributed by atoms with E-state index in [0.717, 1.165) is 24.1 Å². The zero-order chi connectivity index (χ0) is 15.1. The van der Waals surface area contributed by atoms with Gasteiger partial charge in [-0.15, -0.1) is 0 Å². The van der Waals surface area contributed by atoms with Gasteiger partial charge in [-0.05, 0) is 43.5 Å². The molecule has 112 valence electrons. The van der Waals surface area contributed by atoms with E-state index in [-0.39, 0.29) is 18.6 Å². The monoisotopic (exact) mass is 279 g/mol. The van der Waals surface area contributed by atoms with Crippen molar-refractivity contribution >= 4 is 11.6 Å². The molecule has 0 aromatic heterocycles. The molecule has 0 aliphatic heterocycles. The molecule has 1 rings (SSSR count). The molecule has 0 fully saturated rings. The standard InChI is InChI=1S/C15H25N3O2/c1-4-13(5-2)18(8-9-19)15(20)14-7-6-12(17-16)10-11(14)3/h6-7,10,13,17,19H,4-5,8-9,16H2,1-3H3. The van der Waals surface area contributed by atoms with Gasteiger partial charge in [0.2, 0.25) is 0 Å². The summed E-state index contributed by atoms with van der Waals surface area (Å²) in [6.07, 6.45) is 1.76. The molecule has 0 saturated heterocycles. The van der Waals surface area contributed by atoms with E-state index < -0.39 is 0 Å². The first kappa shape index (κ1) is 16.5. The molecular formula is C15H25N3O2. The average molecular weight is 279 g/mol.